The molecule has 4 nitrogen and oxygen atoms in total. The minimum absolute atomic E-state index is 0.280. The Morgan fingerprint density at radius 1 is 0.952 bits per heavy atom. The number of nitrogens with zero attached hydrogens (tertiary/aromatic N) is 1. The van der Waals surface area contributed by atoms with Crippen LogP contribution in [0.25, 0.3) is 10.9 Å². The Morgan fingerprint density at radius 3 is 2.29 bits per heavy atom. The zero-order valence-electron chi connectivity index (χ0n) is 10.8. The SMILES string of the molecule is O=C1c2ccccc2C(=O)N1c1cc(Br)c2[nH]ccc2c1. The fraction of sp³-hybridized carbons (Fsp3) is 0. The summed E-state index contributed by atoms with van der Waals surface area (Å²) in [6.45, 7) is 0. The molecule has 2 amide bonds. The minimum Gasteiger partial charge on any atom is -0.360 e. The van der Waals surface area contributed by atoms with E-state index in [0.29, 0.717) is 16.8 Å². The molecule has 1 aliphatic rings. The van der Waals surface area contributed by atoms with Gasteiger partial charge in [-0.05, 0) is 46.3 Å². The lowest BCUT2D eigenvalue weighted by atomic mass is 10.1. The van der Waals surface area contributed by atoms with Gasteiger partial charge in [-0.15, -0.1) is 0 Å². The van der Waals surface area contributed by atoms with Crippen LogP contribution in [-0.4, -0.2) is 16.8 Å². The lowest BCUT2D eigenvalue weighted by molar-refractivity contribution is 0.0926. The van der Waals surface area contributed by atoms with Gasteiger partial charge in [-0.1, -0.05) is 12.1 Å². The van der Waals surface area contributed by atoms with Gasteiger partial charge in [0.2, 0.25) is 0 Å². The quantitative estimate of drug-likeness (QED) is 0.686. The van der Waals surface area contributed by atoms with E-state index in [1.165, 1.54) is 4.90 Å². The van der Waals surface area contributed by atoms with E-state index in [0.717, 1.165) is 15.4 Å². The van der Waals surface area contributed by atoms with Gasteiger partial charge in [0, 0.05) is 16.1 Å². The number of nitrogens with one attached hydrogen (secondary N) is 1. The molecule has 5 heteroatoms. The number of halogens is 1. The number of benzene rings is 2. The number of carbonyl (C=O) groups is 2. The van der Waals surface area contributed by atoms with Crippen LogP contribution in [0.3, 0.4) is 0 Å². The third-order valence-corrected chi connectivity index (χ3v) is 4.27. The summed E-state index contributed by atoms with van der Waals surface area (Å²) in [4.78, 5) is 29.3. The van der Waals surface area contributed by atoms with E-state index in [2.05, 4.69) is 20.9 Å². The summed E-state index contributed by atoms with van der Waals surface area (Å²) in [5.41, 5.74) is 2.41. The number of hydrogen-bond acceptors (Lipinski definition) is 2. The summed E-state index contributed by atoms with van der Waals surface area (Å²) in [6, 6.07) is 12.4. The van der Waals surface area contributed by atoms with Gasteiger partial charge in [-0.25, -0.2) is 4.90 Å². The number of imide groups is 1. The molecule has 3 aromatic rings. The molecule has 0 aliphatic carbocycles. The third kappa shape index (κ3) is 1.67. The van der Waals surface area contributed by atoms with E-state index in [1.54, 1.807) is 30.3 Å². The molecule has 0 unspecified atom stereocenters. The molecule has 0 radical (unpaired) electrons. The Hall–Kier alpha value is -2.40. The summed E-state index contributed by atoms with van der Waals surface area (Å²) in [6.07, 6.45) is 1.82. The van der Waals surface area contributed by atoms with Crippen LogP contribution in [0.4, 0.5) is 5.69 Å². The normalized spacial score (nSPS) is 14.0. The van der Waals surface area contributed by atoms with Crippen molar-refractivity contribution in [1.82, 2.24) is 4.98 Å². The lowest BCUT2D eigenvalue weighted by Crippen LogP contribution is -2.29. The molecule has 0 saturated heterocycles. The van der Waals surface area contributed by atoms with Gasteiger partial charge < -0.3 is 4.98 Å². The van der Waals surface area contributed by atoms with Crippen molar-refractivity contribution in [2.24, 2.45) is 0 Å². The molecule has 0 spiro atoms. The molecule has 0 fully saturated rings. The van der Waals surface area contributed by atoms with Crippen molar-refractivity contribution >= 4 is 44.3 Å². The van der Waals surface area contributed by atoms with Crippen LogP contribution in [0, 0.1) is 0 Å². The van der Waals surface area contributed by atoms with Gasteiger partial charge >= 0.3 is 0 Å². The fourth-order valence-electron chi connectivity index (χ4n) is 2.66. The summed E-state index contributed by atoms with van der Waals surface area (Å²) in [7, 11) is 0. The highest BCUT2D eigenvalue weighted by Crippen LogP contribution is 2.33. The maximum absolute atomic E-state index is 12.5. The maximum atomic E-state index is 12.5. The van der Waals surface area contributed by atoms with Gasteiger partial charge in [0.05, 0.1) is 22.3 Å². The summed E-state index contributed by atoms with van der Waals surface area (Å²) >= 11 is 3.47. The second kappa shape index (κ2) is 4.30. The number of carbonyl (C=O) groups excluding carboxylic acids is 2. The molecule has 0 bridgehead atoms. The van der Waals surface area contributed by atoms with Crippen LogP contribution < -0.4 is 4.90 Å². The zero-order valence-corrected chi connectivity index (χ0v) is 12.3. The van der Waals surface area contributed by atoms with Gasteiger partial charge in [0.15, 0.2) is 0 Å². The first-order valence-electron chi connectivity index (χ1n) is 6.41. The molecule has 0 saturated carbocycles. The van der Waals surface area contributed by atoms with E-state index >= 15 is 0 Å². The maximum Gasteiger partial charge on any atom is 0.266 e. The first-order chi connectivity index (χ1) is 10.2. The molecular weight excluding hydrogens is 332 g/mol. The topological polar surface area (TPSA) is 53.2 Å². The largest absolute Gasteiger partial charge is 0.360 e. The average molecular weight is 341 g/mol. The van der Waals surface area contributed by atoms with E-state index < -0.39 is 0 Å². The number of aromatic amines is 1. The molecule has 0 atom stereocenters. The lowest BCUT2D eigenvalue weighted by Gasteiger charge is -2.14. The van der Waals surface area contributed by atoms with Crippen LogP contribution >= 0.6 is 15.9 Å². The Balaban J connectivity index is 1.90. The number of rotatable bonds is 1. The number of H-pyrrole nitrogens is 1. The Morgan fingerprint density at radius 2 is 1.62 bits per heavy atom. The monoisotopic (exact) mass is 340 g/mol. The molecular formula is C16H9BrN2O2. The van der Waals surface area contributed by atoms with Crippen molar-refractivity contribution in [3.63, 3.8) is 0 Å². The highest BCUT2D eigenvalue weighted by atomic mass is 79.9. The number of amides is 2. The van der Waals surface area contributed by atoms with Crippen molar-refractivity contribution in [3.05, 3.63) is 64.3 Å². The Kier molecular flexibility index (Phi) is 2.53. The first-order valence-corrected chi connectivity index (χ1v) is 7.20. The van der Waals surface area contributed by atoms with Crippen molar-refractivity contribution in [2.45, 2.75) is 0 Å². The summed E-state index contributed by atoms with van der Waals surface area (Å²) < 4.78 is 0.816. The standard InChI is InChI=1S/C16H9BrN2O2/c17-13-8-10(7-9-5-6-18-14(9)13)19-15(20)11-3-1-2-4-12(11)16(19)21/h1-8,18H. The van der Waals surface area contributed by atoms with Gasteiger partial charge in [0.1, 0.15) is 0 Å². The number of hydrogen-bond donors (Lipinski definition) is 1. The summed E-state index contributed by atoms with van der Waals surface area (Å²) in [5, 5.41) is 0.941. The third-order valence-electron chi connectivity index (χ3n) is 3.65. The molecule has 102 valence electrons. The number of anilines is 1. The van der Waals surface area contributed by atoms with Crippen molar-refractivity contribution < 1.29 is 9.59 Å². The minimum atomic E-state index is -0.280. The molecule has 4 rings (SSSR count). The molecule has 1 aliphatic heterocycles. The Bertz CT molecular complexity index is 879. The van der Waals surface area contributed by atoms with E-state index in [-0.39, 0.29) is 11.8 Å². The van der Waals surface area contributed by atoms with E-state index in [4.69, 9.17) is 0 Å². The second-order valence-corrected chi connectivity index (χ2v) is 5.72. The van der Waals surface area contributed by atoms with Gasteiger partial charge in [0.25, 0.3) is 11.8 Å². The average Bonchev–Trinajstić information content (AvgIpc) is 3.04. The van der Waals surface area contributed by atoms with Crippen molar-refractivity contribution in [2.75, 3.05) is 4.90 Å². The highest BCUT2D eigenvalue weighted by Gasteiger charge is 2.36. The molecule has 1 aromatic heterocycles. The van der Waals surface area contributed by atoms with Gasteiger partial charge in [-0.3, -0.25) is 9.59 Å². The number of aromatic nitrogens is 1. The smallest absolute Gasteiger partial charge is 0.266 e. The van der Waals surface area contributed by atoms with Crippen LogP contribution in [0.5, 0.6) is 0 Å². The van der Waals surface area contributed by atoms with E-state index in [9.17, 15) is 9.59 Å². The predicted molar refractivity (Wildman–Crippen MR) is 83.6 cm³/mol. The molecule has 21 heavy (non-hydrogen) atoms. The summed E-state index contributed by atoms with van der Waals surface area (Å²) in [5.74, 6) is -0.560. The number of fused-ring (bicyclic) bond motifs is 2. The molecule has 2 heterocycles. The fourth-order valence-corrected chi connectivity index (χ4v) is 3.24. The van der Waals surface area contributed by atoms with Crippen LogP contribution in [0.15, 0.2) is 53.1 Å². The van der Waals surface area contributed by atoms with E-state index in [1.807, 2.05) is 18.3 Å². The first kappa shape index (κ1) is 12.3. The van der Waals surface area contributed by atoms with Gasteiger partial charge in [-0.2, -0.15) is 0 Å². The predicted octanol–water partition coefficient (Wildman–Crippen LogP) is 3.73. The highest BCUT2D eigenvalue weighted by molar-refractivity contribution is 9.10. The second-order valence-electron chi connectivity index (χ2n) is 4.86. The Labute approximate surface area is 128 Å². The van der Waals surface area contributed by atoms with Crippen LogP contribution in [0.2, 0.25) is 0 Å². The van der Waals surface area contributed by atoms with Crippen molar-refractivity contribution in [1.29, 1.82) is 0 Å². The molecule has 2 aromatic carbocycles. The zero-order chi connectivity index (χ0) is 14.6. The molecule has 1 N–H and O–H groups in total. The van der Waals surface area contributed by atoms with Crippen LogP contribution in [-0.2, 0) is 0 Å². The van der Waals surface area contributed by atoms with Crippen LogP contribution in [0.1, 0.15) is 20.7 Å². The van der Waals surface area contributed by atoms with Crippen molar-refractivity contribution in [3.8, 4) is 0 Å².